The highest BCUT2D eigenvalue weighted by atomic mass is 16.3. The number of aryl methyl sites for hydroxylation is 1. The first-order valence-corrected chi connectivity index (χ1v) is 7.25. The van der Waals surface area contributed by atoms with Gasteiger partial charge in [-0.1, -0.05) is 42.5 Å². The highest BCUT2D eigenvalue weighted by molar-refractivity contribution is 5.57. The van der Waals surface area contributed by atoms with Crippen LogP contribution in [0.15, 0.2) is 48.5 Å². The molecule has 1 aliphatic rings. The normalized spacial score (nSPS) is 17.9. The van der Waals surface area contributed by atoms with Crippen molar-refractivity contribution in [3.63, 3.8) is 0 Å². The summed E-state index contributed by atoms with van der Waals surface area (Å²) in [5.74, 6) is 0.342. The lowest BCUT2D eigenvalue weighted by Gasteiger charge is -2.36. The third-order valence-corrected chi connectivity index (χ3v) is 4.04. The summed E-state index contributed by atoms with van der Waals surface area (Å²) in [4.78, 5) is 2.40. The van der Waals surface area contributed by atoms with Crippen molar-refractivity contribution < 1.29 is 5.11 Å². The van der Waals surface area contributed by atoms with E-state index in [-0.39, 0.29) is 6.61 Å². The molecule has 2 aromatic carbocycles. The summed E-state index contributed by atoms with van der Waals surface area (Å²) in [7, 11) is 0. The Morgan fingerprint density at radius 2 is 1.95 bits per heavy atom. The van der Waals surface area contributed by atoms with Gasteiger partial charge >= 0.3 is 0 Å². The average Bonchev–Trinajstić information content (AvgIpc) is 2.48. The Bertz CT molecular complexity index is 579. The highest BCUT2D eigenvalue weighted by Gasteiger charge is 2.23. The molecule has 104 valence electrons. The van der Waals surface area contributed by atoms with Gasteiger partial charge in [0.1, 0.15) is 0 Å². The van der Waals surface area contributed by atoms with E-state index in [4.69, 9.17) is 0 Å². The number of nitrogens with zero attached hydrogens (tertiary/aromatic N) is 1. The maximum Gasteiger partial charge on any atom is 0.0479 e. The molecule has 0 aromatic heterocycles. The molecule has 20 heavy (non-hydrogen) atoms. The Balaban J connectivity index is 1.91. The van der Waals surface area contributed by atoms with Gasteiger partial charge in [-0.15, -0.1) is 0 Å². The number of rotatable bonds is 3. The van der Waals surface area contributed by atoms with Gasteiger partial charge in [0.15, 0.2) is 0 Å². The van der Waals surface area contributed by atoms with Crippen LogP contribution in [0.25, 0.3) is 0 Å². The second-order valence-electron chi connectivity index (χ2n) is 5.75. The molecule has 0 spiro atoms. The Hall–Kier alpha value is -1.80. The summed E-state index contributed by atoms with van der Waals surface area (Å²) >= 11 is 0. The zero-order chi connectivity index (χ0) is 13.9. The van der Waals surface area contributed by atoms with Crippen molar-refractivity contribution in [1.29, 1.82) is 0 Å². The van der Waals surface area contributed by atoms with Gasteiger partial charge in [0.25, 0.3) is 0 Å². The number of benzene rings is 2. The van der Waals surface area contributed by atoms with E-state index >= 15 is 0 Å². The molecule has 2 heteroatoms. The number of anilines is 1. The summed E-state index contributed by atoms with van der Waals surface area (Å²) in [6, 6.07) is 17.2. The van der Waals surface area contributed by atoms with Gasteiger partial charge in [-0.3, -0.25) is 0 Å². The minimum absolute atomic E-state index is 0.263. The summed E-state index contributed by atoms with van der Waals surface area (Å²) < 4.78 is 0. The van der Waals surface area contributed by atoms with Crippen LogP contribution in [0.1, 0.15) is 16.7 Å². The molecule has 0 saturated heterocycles. The van der Waals surface area contributed by atoms with E-state index in [1.807, 2.05) is 6.07 Å². The van der Waals surface area contributed by atoms with Crippen LogP contribution in [0, 0.1) is 12.8 Å². The maximum absolute atomic E-state index is 9.53. The average molecular weight is 267 g/mol. The predicted octanol–water partition coefficient (Wildman–Crippen LogP) is 3.17. The minimum atomic E-state index is 0.263. The summed E-state index contributed by atoms with van der Waals surface area (Å²) in [5, 5.41) is 9.53. The lowest BCUT2D eigenvalue weighted by atomic mass is 9.92. The fraction of sp³-hybridized carbons (Fsp3) is 0.333. The highest BCUT2D eigenvalue weighted by Crippen LogP contribution is 2.31. The zero-order valence-corrected chi connectivity index (χ0v) is 11.9. The van der Waals surface area contributed by atoms with Crippen molar-refractivity contribution in [2.45, 2.75) is 19.9 Å². The molecule has 1 atom stereocenters. The van der Waals surface area contributed by atoms with Crippen molar-refractivity contribution in [3.05, 3.63) is 65.2 Å². The van der Waals surface area contributed by atoms with Gasteiger partial charge in [-0.25, -0.2) is 0 Å². The summed E-state index contributed by atoms with van der Waals surface area (Å²) in [6.07, 6.45) is 0.984. The van der Waals surface area contributed by atoms with Gasteiger partial charge in [-0.05, 0) is 36.1 Å². The number of hydrogen-bond donors (Lipinski definition) is 1. The van der Waals surface area contributed by atoms with Crippen LogP contribution in [-0.4, -0.2) is 18.3 Å². The SMILES string of the molecule is Cc1ccc2c(c1)N(Cc1ccccc1)CC(CO)C2. The fourth-order valence-corrected chi connectivity index (χ4v) is 3.00. The number of hydrogen-bond acceptors (Lipinski definition) is 2. The van der Waals surface area contributed by atoms with Crippen LogP contribution in [0.5, 0.6) is 0 Å². The van der Waals surface area contributed by atoms with Crippen LogP contribution in [-0.2, 0) is 13.0 Å². The lowest BCUT2D eigenvalue weighted by Crippen LogP contribution is -2.36. The van der Waals surface area contributed by atoms with Gasteiger partial charge in [-0.2, -0.15) is 0 Å². The molecule has 3 rings (SSSR count). The molecular formula is C18H21NO. The molecule has 1 heterocycles. The minimum Gasteiger partial charge on any atom is -0.396 e. The van der Waals surface area contributed by atoms with Crippen molar-refractivity contribution in [3.8, 4) is 0 Å². The Morgan fingerprint density at radius 3 is 2.70 bits per heavy atom. The summed E-state index contributed by atoms with van der Waals surface area (Å²) in [6.45, 7) is 4.24. The standard InChI is InChI=1S/C18H21NO/c1-14-7-8-17-10-16(13-20)12-19(18(17)9-14)11-15-5-3-2-4-6-15/h2-9,16,20H,10-13H2,1H3. The molecule has 1 aliphatic heterocycles. The third kappa shape index (κ3) is 2.70. The second kappa shape index (κ2) is 5.68. The Kier molecular flexibility index (Phi) is 3.75. The maximum atomic E-state index is 9.53. The molecule has 0 saturated carbocycles. The van der Waals surface area contributed by atoms with E-state index in [1.165, 1.54) is 22.4 Å². The van der Waals surface area contributed by atoms with E-state index in [9.17, 15) is 5.11 Å². The second-order valence-corrected chi connectivity index (χ2v) is 5.75. The van der Waals surface area contributed by atoms with Crippen molar-refractivity contribution in [2.75, 3.05) is 18.1 Å². The molecule has 0 radical (unpaired) electrons. The Morgan fingerprint density at radius 1 is 1.15 bits per heavy atom. The first-order chi connectivity index (χ1) is 9.76. The Labute approximate surface area is 120 Å². The zero-order valence-electron chi connectivity index (χ0n) is 11.9. The predicted molar refractivity (Wildman–Crippen MR) is 83.0 cm³/mol. The molecule has 1 N–H and O–H groups in total. The first-order valence-electron chi connectivity index (χ1n) is 7.25. The first kappa shape index (κ1) is 13.2. The smallest absolute Gasteiger partial charge is 0.0479 e. The quantitative estimate of drug-likeness (QED) is 0.923. The lowest BCUT2D eigenvalue weighted by molar-refractivity contribution is 0.223. The van der Waals surface area contributed by atoms with Gasteiger partial charge < -0.3 is 10.0 Å². The number of aliphatic hydroxyl groups excluding tert-OH is 1. The number of fused-ring (bicyclic) bond motifs is 1. The topological polar surface area (TPSA) is 23.5 Å². The van der Waals surface area contributed by atoms with E-state index < -0.39 is 0 Å². The van der Waals surface area contributed by atoms with E-state index in [0.717, 1.165) is 19.5 Å². The monoisotopic (exact) mass is 267 g/mol. The van der Waals surface area contributed by atoms with Gasteiger partial charge in [0, 0.05) is 31.3 Å². The van der Waals surface area contributed by atoms with Crippen molar-refractivity contribution in [2.24, 2.45) is 5.92 Å². The van der Waals surface area contributed by atoms with Gasteiger partial charge in [0.2, 0.25) is 0 Å². The summed E-state index contributed by atoms with van der Waals surface area (Å²) in [5.41, 5.74) is 5.30. The molecule has 0 aliphatic carbocycles. The molecular weight excluding hydrogens is 246 g/mol. The van der Waals surface area contributed by atoms with Crippen LogP contribution < -0.4 is 4.90 Å². The van der Waals surface area contributed by atoms with E-state index in [2.05, 4.69) is 54.3 Å². The third-order valence-electron chi connectivity index (χ3n) is 4.04. The number of aliphatic hydroxyl groups is 1. The molecule has 0 bridgehead atoms. The van der Waals surface area contributed by atoms with Crippen LogP contribution in [0.2, 0.25) is 0 Å². The fourth-order valence-electron chi connectivity index (χ4n) is 3.00. The molecule has 2 aromatic rings. The van der Waals surface area contributed by atoms with Crippen LogP contribution >= 0.6 is 0 Å². The van der Waals surface area contributed by atoms with Crippen molar-refractivity contribution >= 4 is 5.69 Å². The molecule has 0 fully saturated rings. The molecule has 0 amide bonds. The van der Waals surface area contributed by atoms with E-state index in [0.29, 0.717) is 5.92 Å². The molecule has 2 nitrogen and oxygen atoms in total. The van der Waals surface area contributed by atoms with Gasteiger partial charge in [0.05, 0.1) is 0 Å². The van der Waals surface area contributed by atoms with Crippen LogP contribution in [0.3, 0.4) is 0 Å². The van der Waals surface area contributed by atoms with Crippen LogP contribution in [0.4, 0.5) is 5.69 Å². The largest absolute Gasteiger partial charge is 0.396 e. The molecule has 1 unspecified atom stereocenters. The van der Waals surface area contributed by atoms with E-state index in [1.54, 1.807) is 0 Å². The van der Waals surface area contributed by atoms with Crippen molar-refractivity contribution in [1.82, 2.24) is 0 Å².